The van der Waals surface area contributed by atoms with Crippen LogP contribution in [0.1, 0.15) is 19.4 Å². The molecule has 4 nitrogen and oxygen atoms in total. The van der Waals surface area contributed by atoms with Gasteiger partial charge in [-0.1, -0.05) is 32.0 Å². The lowest BCUT2D eigenvalue weighted by Crippen LogP contribution is -2.34. The molecule has 1 atom stereocenters. The highest BCUT2D eigenvalue weighted by Gasteiger charge is 2.11. The SMILES string of the molecule is CC(C)C(N)CNc1c(C#N)cnc2ccccc12. The van der Waals surface area contributed by atoms with Gasteiger partial charge in [-0.2, -0.15) is 5.26 Å². The van der Waals surface area contributed by atoms with Gasteiger partial charge >= 0.3 is 0 Å². The van der Waals surface area contributed by atoms with Crippen LogP contribution >= 0.6 is 0 Å². The summed E-state index contributed by atoms with van der Waals surface area (Å²) in [5, 5.41) is 13.4. The van der Waals surface area contributed by atoms with E-state index in [1.54, 1.807) is 6.20 Å². The number of para-hydroxylation sites is 1. The van der Waals surface area contributed by atoms with E-state index >= 15 is 0 Å². The summed E-state index contributed by atoms with van der Waals surface area (Å²) in [6.07, 6.45) is 1.60. The first-order chi connectivity index (χ1) is 9.13. The van der Waals surface area contributed by atoms with Gasteiger partial charge in [-0.15, -0.1) is 0 Å². The van der Waals surface area contributed by atoms with Crippen molar-refractivity contribution in [2.45, 2.75) is 19.9 Å². The average molecular weight is 254 g/mol. The van der Waals surface area contributed by atoms with Crippen LogP contribution in [0, 0.1) is 17.2 Å². The van der Waals surface area contributed by atoms with Crippen molar-refractivity contribution in [3.8, 4) is 6.07 Å². The first kappa shape index (κ1) is 13.3. The fourth-order valence-corrected chi connectivity index (χ4v) is 1.87. The summed E-state index contributed by atoms with van der Waals surface area (Å²) in [4.78, 5) is 4.28. The van der Waals surface area contributed by atoms with Crippen LogP contribution in [0.3, 0.4) is 0 Å². The molecule has 1 heterocycles. The highest BCUT2D eigenvalue weighted by molar-refractivity contribution is 5.93. The van der Waals surface area contributed by atoms with E-state index in [9.17, 15) is 5.26 Å². The number of fused-ring (bicyclic) bond motifs is 1. The smallest absolute Gasteiger partial charge is 0.103 e. The molecule has 19 heavy (non-hydrogen) atoms. The van der Waals surface area contributed by atoms with Crippen LogP contribution in [0.4, 0.5) is 5.69 Å². The maximum atomic E-state index is 9.19. The minimum absolute atomic E-state index is 0.0541. The second kappa shape index (κ2) is 5.68. The number of rotatable bonds is 4. The molecular formula is C15H18N4. The highest BCUT2D eigenvalue weighted by atomic mass is 14.9. The monoisotopic (exact) mass is 254 g/mol. The molecule has 4 heteroatoms. The maximum Gasteiger partial charge on any atom is 0.103 e. The number of anilines is 1. The minimum Gasteiger partial charge on any atom is -0.382 e. The lowest BCUT2D eigenvalue weighted by Gasteiger charge is -2.18. The molecule has 0 fully saturated rings. The van der Waals surface area contributed by atoms with Gasteiger partial charge in [-0.25, -0.2) is 0 Å². The number of nitriles is 1. The molecule has 0 bridgehead atoms. The van der Waals surface area contributed by atoms with Crippen molar-refractivity contribution in [1.82, 2.24) is 4.98 Å². The Morgan fingerprint density at radius 1 is 1.37 bits per heavy atom. The third kappa shape index (κ3) is 2.83. The van der Waals surface area contributed by atoms with E-state index in [4.69, 9.17) is 5.73 Å². The topological polar surface area (TPSA) is 74.7 Å². The molecule has 0 saturated heterocycles. The second-order valence-electron chi connectivity index (χ2n) is 4.96. The molecule has 1 aromatic heterocycles. The van der Waals surface area contributed by atoms with Crippen molar-refractivity contribution >= 4 is 16.6 Å². The van der Waals surface area contributed by atoms with Gasteiger partial charge in [0, 0.05) is 24.2 Å². The second-order valence-corrected chi connectivity index (χ2v) is 4.96. The summed E-state index contributed by atoms with van der Waals surface area (Å²) >= 11 is 0. The summed E-state index contributed by atoms with van der Waals surface area (Å²) in [6, 6.07) is 10.0. The van der Waals surface area contributed by atoms with Crippen molar-refractivity contribution in [3.63, 3.8) is 0 Å². The van der Waals surface area contributed by atoms with Crippen LogP contribution < -0.4 is 11.1 Å². The fraction of sp³-hybridized carbons (Fsp3) is 0.333. The van der Waals surface area contributed by atoms with Crippen LogP contribution in [-0.2, 0) is 0 Å². The highest BCUT2D eigenvalue weighted by Crippen LogP contribution is 2.25. The predicted molar refractivity (Wildman–Crippen MR) is 77.8 cm³/mol. The van der Waals surface area contributed by atoms with Gasteiger partial charge in [0.1, 0.15) is 6.07 Å². The lowest BCUT2D eigenvalue weighted by atomic mass is 10.0. The van der Waals surface area contributed by atoms with Crippen molar-refractivity contribution in [2.75, 3.05) is 11.9 Å². The van der Waals surface area contributed by atoms with Crippen molar-refractivity contribution in [3.05, 3.63) is 36.0 Å². The van der Waals surface area contributed by atoms with Crippen LogP contribution in [0.25, 0.3) is 10.9 Å². The largest absolute Gasteiger partial charge is 0.382 e. The van der Waals surface area contributed by atoms with Gasteiger partial charge in [0.15, 0.2) is 0 Å². The number of nitrogens with two attached hydrogens (primary N) is 1. The maximum absolute atomic E-state index is 9.19. The van der Waals surface area contributed by atoms with Crippen molar-refractivity contribution < 1.29 is 0 Å². The molecule has 0 amide bonds. The van der Waals surface area contributed by atoms with Crippen LogP contribution in [0.2, 0.25) is 0 Å². The molecule has 0 aliphatic rings. The number of aromatic nitrogens is 1. The zero-order valence-corrected chi connectivity index (χ0v) is 11.2. The third-order valence-corrected chi connectivity index (χ3v) is 3.27. The van der Waals surface area contributed by atoms with Crippen molar-refractivity contribution in [1.29, 1.82) is 5.26 Å². The van der Waals surface area contributed by atoms with Crippen LogP contribution in [0.5, 0.6) is 0 Å². The third-order valence-electron chi connectivity index (χ3n) is 3.27. The molecule has 1 unspecified atom stereocenters. The summed E-state index contributed by atoms with van der Waals surface area (Å²) in [7, 11) is 0. The van der Waals surface area contributed by atoms with E-state index in [1.165, 1.54) is 0 Å². The molecular weight excluding hydrogens is 236 g/mol. The quantitative estimate of drug-likeness (QED) is 0.879. The van der Waals surface area contributed by atoms with Gasteiger partial charge in [0.25, 0.3) is 0 Å². The van der Waals surface area contributed by atoms with Crippen LogP contribution in [0.15, 0.2) is 30.5 Å². The molecule has 2 aromatic rings. The molecule has 0 radical (unpaired) electrons. The summed E-state index contributed by atoms with van der Waals surface area (Å²) in [5.74, 6) is 0.395. The summed E-state index contributed by atoms with van der Waals surface area (Å²) < 4.78 is 0. The van der Waals surface area contributed by atoms with E-state index in [0.29, 0.717) is 18.0 Å². The Morgan fingerprint density at radius 2 is 2.11 bits per heavy atom. The summed E-state index contributed by atoms with van der Waals surface area (Å²) in [6.45, 7) is 4.81. The summed E-state index contributed by atoms with van der Waals surface area (Å²) in [5.41, 5.74) is 8.29. The minimum atomic E-state index is 0.0541. The van der Waals surface area contributed by atoms with E-state index in [1.807, 2.05) is 24.3 Å². The van der Waals surface area contributed by atoms with Crippen molar-refractivity contribution in [2.24, 2.45) is 11.7 Å². The lowest BCUT2D eigenvalue weighted by molar-refractivity contribution is 0.511. The molecule has 2 rings (SSSR count). The number of pyridine rings is 1. The molecule has 0 aliphatic carbocycles. The Balaban J connectivity index is 2.37. The first-order valence-electron chi connectivity index (χ1n) is 6.40. The Hall–Kier alpha value is -2.12. The first-order valence-corrected chi connectivity index (χ1v) is 6.40. The van der Waals surface area contributed by atoms with Gasteiger partial charge < -0.3 is 11.1 Å². The Morgan fingerprint density at radius 3 is 2.79 bits per heavy atom. The van der Waals surface area contributed by atoms with Crippen LogP contribution in [-0.4, -0.2) is 17.6 Å². The molecule has 0 aliphatic heterocycles. The fourth-order valence-electron chi connectivity index (χ4n) is 1.87. The van der Waals surface area contributed by atoms with Gasteiger partial charge in [-0.3, -0.25) is 4.98 Å². The van der Waals surface area contributed by atoms with E-state index in [0.717, 1.165) is 16.6 Å². The molecule has 0 saturated carbocycles. The number of nitrogens with one attached hydrogen (secondary N) is 1. The van der Waals surface area contributed by atoms with E-state index in [-0.39, 0.29) is 6.04 Å². The van der Waals surface area contributed by atoms with Gasteiger partial charge in [-0.05, 0) is 12.0 Å². The standard InChI is InChI=1S/C15H18N4/c1-10(2)13(17)9-19-15-11(7-16)8-18-14-6-4-3-5-12(14)15/h3-6,8,10,13H,9,17H2,1-2H3,(H,18,19). The normalized spacial score (nSPS) is 12.4. The number of hydrogen-bond donors (Lipinski definition) is 2. The average Bonchev–Trinajstić information content (AvgIpc) is 2.43. The number of hydrogen-bond acceptors (Lipinski definition) is 4. The molecule has 1 aromatic carbocycles. The Labute approximate surface area is 113 Å². The predicted octanol–water partition coefficient (Wildman–Crippen LogP) is 2.50. The molecule has 0 spiro atoms. The molecule has 3 N–H and O–H groups in total. The van der Waals surface area contributed by atoms with E-state index in [2.05, 4.69) is 30.2 Å². The zero-order valence-electron chi connectivity index (χ0n) is 11.2. The van der Waals surface area contributed by atoms with Gasteiger partial charge in [0.2, 0.25) is 0 Å². The Bertz CT molecular complexity index is 613. The van der Waals surface area contributed by atoms with E-state index < -0.39 is 0 Å². The molecule has 98 valence electrons. The zero-order chi connectivity index (χ0) is 13.8. The number of nitrogens with zero attached hydrogens (tertiary/aromatic N) is 2. The number of benzene rings is 1. The Kier molecular flexibility index (Phi) is 3.98. The van der Waals surface area contributed by atoms with Gasteiger partial charge in [0.05, 0.1) is 16.8 Å².